The van der Waals surface area contributed by atoms with Gasteiger partial charge in [-0.05, 0) is 24.3 Å². The molecule has 0 aromatic heterocycles. The fourth-order valence-electron chi connectivity index (χ4n) is 1.42. The normalized spacial score (nSPS) is 10.4. The van der Waals surface area contributed by atoms with Crippen molar-refractivity contribution in [2.24, 2.45) is 0 Å². The number of carboxylic acids is 1. The van der Waals surface area contributed by atoms with Crippen LogP contribution in [0.3, 0.4) is 0 Å². The Bertz CT molecular complexity index is 686. The molecule has 0 heterocycles. The van der Waals surface area contributed by atoms with Crippen LogP contribution in [0.2, 0.25) is 20.1 Å². The maximum absolute atomic E-state index is 10.8. The lowest BCUT2D eigenvalue weighted by atomic mass is 10.2. The van der Waals surface area contributed by atoms with E-state index >= 15 is 0 Å². The van der Waals surface area contributed by atoms with Crippen LogP contribution in [0.5, 0.6) is 11.5 Å². The molecule has 0 spiro atoms. The van der Waals surface area contributed by atoms with Crippen LogP contribution in [0.4, 0.5) is 0 Å². The molecule has 0 amide bonds. The van der Waals surface area contributed by atoms with Gasteiger partial charge in [-0.3, -0.25) is 0 Å². The first-order chi connectivity index (χ1) is 9.38. The summed E-state index contributed by atoms with van der Waals surface area (Å²) in [4.78, 5) is 10.8. The molecule has 2 rings (SSSR count). The lowest BCUT2D eigenvalue weighted by molar-refractivity contribution is 0.0697. The first kappa shape index (κ1) is 15.3. The molecule has 0 atom stereocenters. The third-order valence-corrected chi connectivity index (χ3v) is 3.69. The van der Waals surface area contributed by atoms with Gasteiger partial charge in [-0.1, -0.05) is 46.4 Å². The molecule has 2 aromatic carbocycles. The van der Waals surface area contributed by atoms with Crippen molar-refractivity contribution in [1.29, 1.82) is 0 Å². The Hall–Kier alpha value is -1.13. The highest BCUT2D eigenvalue weighted by atomic mass is 35.5. The highest BCUT2D eigenvalue weighted by Gasteiger charge is 2.12. The molecule has 0 unspecified atom stereocenters. The largest absolute Gasteiger partial charge is 0.478 e. The highest BCUT2D eigenvalue weighted by Crippen LogP contribution is 2.38. The minimum Gasteiger partial charge on any atom is -0.478 e. The first-order valence-electron chi connectivity index (χ1n) is 5.23. The molecule has 0 saturated carbocycles. The van der Waals surface area contributed by atoms with E-state index in [1.54, 1.807) is 0 Å². The molecular formula is C13H6Cl4O3. The summed E-state index contributed by atoms with van der Waals surface area (Å²) in [6.07, 6.45) is 0. The van der Waals surface area contributed by atoms with E-state index in [1.165, 1.54) is 30.3 Å². The number of carbonyl (C=O) groups is 1. The van der Waals surface area contributed by atoms with Gasteiger partial charge in [0.2, 0.25) is 0 Å². The minimum absolute atomic E-state index is 0.0579. The van der Waals surface area contributed by atoms with Gasteiger partial charge in [-0.15, -0.1) is 0 Å². The van der Waals surface area contributed by atoms with E-state index in [4.69, 9.17) is 56.2 Å². The number of aromatic carboxylic acids is 1. The molecule has 0 radical (unpaired) electrons. The van der Waals surface area contributed by atoms with E-state index in [0.717, 1.165) is 0 Å². The molecule has 0 bridgehead atoms. The summed E-state index contributed by atoms with van der Waals surface area (Å²) in [5, 5.41) is 9.84. The van der Waals surface area contributed by atoms with Crippen LogP contribution < -0.4 is 4.74 Å². The topological polar surface area (TPSA) is 46.5 Å². The Morgan fingerprint density at radius 3 is 2.05 bits per heavy atom. The van der Waals surface area contributed by atoms with Crippen LogP contribution in [-0.4, -0.2) is 11.1 Å². The Labute approximate surface area is 134 Å². The van der Waals surface area contributed by atoms with Crippen molar-refractivity contribution >= 4 is 52.4 Å². The Morgan fingerprint density at radius 2 is 1.45 bits per heavy atom. The zero-order valence-corrected chi connectivity index (χ0v) is 12.7. The second-order valence-electron chi connectivity index (χ2n) is 3.75. The standard InChI is InChI=1S/C13H6Cl4O3/c14-7-4-10(17)12(5-8(7)15)20-11-2-1-6(13(18)19)3-9(11)16/h1-5H,(H,18,19). The van der Waals surface area contributed by atoms with Gasteiger partial charge < -0.3 is 9.84 Å². The van der Waals surface area contributed by atoms with Gasteiger partial charge in [-0.2, -0.15) is 0 Å². The Balaban J connectivity index is 2.35. The molecule has 0 aliphatic heterocycles. The molecule has 7 heteroatoms. The summed E-state index contributed by atoms with van der Waals surface area (Å²) in [6.45, 7) is 0. The van der Waals surface area contributed by atoms with E-state index in [2.05, 4.69) is 0 Å². The van der Waals surface area contributed by atoms with Crippen LogP contribution in [0, 0.1) is 0 Å². The van der Waals surface area contributed by atoms with E-state index in [1.807, 2.05) is 0 Å². The number of rotatable bonds is 3. The molecule has 3 nitrogen and oxygen atoms in total. The van der Waals surface area contributed by atoms with Crippen LogP contribution >= 0.6 is 46.4 Å². The summed E-state index contributed by atoms with van der Waals surface area (Å²) < 4.78 is 5.51. The van der Waals surface area contributed by atoms with E-state index in [0.29, 0.717) is 5.02 Å². The van der Waals surface area contributed by atoms with Gasteiger partial charge >= 0.3 is 5.97 Å². The summed E-state index contributed by atoms with van der Waals surface area (Å²) in [6, 6.07) is 6.98. The molecule has 0 fully saturated rings. The monoisotopic (exact) mass is 350 g/mol. The molecular weight excluding hydrogens is 346 g/mol. The summed E-state index contributed by atoms with van der Waals surface area (Å²) in [5.74, 6) is -0.547. The number of halogens is 4. The number of hydrogen-bond acceptors (Lipinski definition) is 2. The summed E-state index contributed by atoms with van der Waals surface area (Å²) in [7, 11) is 0. The van der Waals surface area contributed by atoms with Gasteiger partial charge in [0.1, 0.15) is 11.5 Å². The van der Waals surface area contributed by atoms with Gasteiger partial charge in [0.25, 0.3) is 0 Å². The summed E-state index contributed by atoms with van der Waals surface area (Å²) >= 11 is 23.6. The molecule has 0 aliphatic carbocycles. The van der Waals surface area contributed by atoms with E-state index in [-0.39, 0.29) is 32.1 Å². The number of ether oxygens (including phenoxy) is 1. The average molecular weight is 352 g/mol. The van der Waals surface area contributed by atoms with Crippen LogP contribution in [0.15, 0.2) is 30.3 Å². The maximum atomic E-state index is 10.8. The van der Waals surface area contributed by atoms with Crippen molar-refractivity contribution in [1.82, 2.24) is 0 Å². The lowest BCUT2D eigenvalue weighted by Crippen LogP contribution is -1.96. The van der Waals surface area contributed by atoms with Gasteiger partial charge in [0.15, 0.2) is 0 Å². The maximum Gasteiger partial charge on any atom is 0.335 e. The van der Waals surface area contributed by atoms with Crippen molar-refractivity contribution in [2.75, 3.05) is 0 Å². The number of benzene rings is 2. The van der Waals surface area contributed by atoms with Gasteiger partial charge in [0.05, 0.1) is 25.7 Å². The minimum atomic E-state index is -1.08. The van der Waals surface area contributed by atoms with Crippen LogP contribution in [0.1, 0.15) is 10.4 Å². The van der Waals surface area contributed by atoms with Crippen molar-refractivity contribution in [3.8, 4) is 11.5 Å². The zero-order chi connectivity index (χ0) is 14.9. The third kappa shape index (κ3) is 3.30. The smallest absolute Gasteiger partial charge is 0.335 e. The molecule has 0 aliphatic rings. The molecule has 2 aromatic rings. The molecule has 104 valence electrons. The van der Waals surface area contributed by atoms with Crippen LogP contribution in [-0.2, 0) is 0 Å². The van der Waals surface area contributed by atoms with Gasteiger partial charge in [-0.25, -0.2) is 4.79 Å². The van der Waals surface area contributed by atoms with Gasteiger partial charge in [0, 0.05) is 6.07 Å². The zero-order valence-electron chi connectivity index (χ0n) is 9.66. The number of carboxylic acid groups (broad SMARTS) is 1. The fraction of sp³-hybridized carbons (Fsp3) is 0. The van der Waals surface area contributed by atoms with Crippen molar-refractivity contribution < 1.29 is 14.6 Å². The Kier molecular flexibility index (Phi) is 4.66. The lowest BCUT2D eigenvalue weighted by Gasteiger charge is -2.10. The van der Waals surface area contributed by atoms with E-state index < -0.39 is 5.97 Å². The van der Waals surface area contributed by atoms with E-state index in [9.17, 15) is 4.79 Å². The molecule has 1 N–H and O–H groups in total. The quantitative estimate of drug-likeness (QED) is 0.711. The number of hydrogen-bond donors (Lipinski definition) is 1. The first-order valence-corrected chi connectivity index (χ1v) is 6.75. The summed E-state index contributed by atoms with van der Waals surface area (Å²) in [5.41, 5.74) is 0.0579. The molecule has 20 heavy (non-hydrogen) atoms. The fourth-order valence-corrected chi connectivity index (χ4v) is 2.21. The second-order valence-corrected chi connectivity index (χ2v) is 5.38. The third-order valence-electron chi connectivity index (χ3n) is 2.37. The Morgan fingerprint density at radius 1 is 0.850 bits per heavy atom. The highest BCUT2D eigenvalue weighted by molar-refractivity contribution is 6.43. The van der Waals surface area contributed by atoms with Crippen molar-refractivity contribution in [2.45, 2.75) is 0 Å². The van der Waals surface area contributed by atoms with Crippen molar-refractivity contribution in [3.63, 3.8) is 0 Å². The average Bonchev–Trinajstić information content (AvgIpc) is 2.37. The predicted molar refractivity (Wildman–Crippen MR) is 80.0 cm³/mol. The van der Waals surface area contributed by atoms with Crippen molar-refractivity contribution in [3.05, 3.63) is 56.0 Å². The van der Waals surface area contributed by atoms with Crippen LogP contribution in [0.25, 0.3) is 0 Å². The predicted octanol–water partition coefficient (Wildman–Crippen LogP) is 5.79. The molecule has 0 saturated heterocycles. The SMILES string of the molecule is O=C(O)c1ccc(Oc2cc(Cl)c(Cl)cc2Cl)c(Cl)c1. The second kappa shape index (κ2) is 6.10.